The average Bonchev–Trinajstić information content (AvgIpc) is 2.07. The molecule has 0 saturated carbocycles. The monoisotopic (exact) mass is 155 g/mol. The second-order valence-electron chi connectivity index (χ2n) is 3.94. The first kappa shape index (κ1) is 7.56. The highest BCUT2D eigenvalue weighted by Crippen LogP contribution is 2.34. The van der Waals surface area contributed by atoms with Crippen molar-refractivity contribution in [2.45, 2.75) is 25.7 Å². The minimum atomic E-state index is 0.524. The van der Waals surface area contributed by atoms with E-state index < -0.39 is 0 Å². The number of ether oxygens (including phenoxy) is 1. The Morgan fingerprint density at radius 3 is 2.73 bits per heavy atom. The smallest absolute Gasteiger partial charge is 0.0534 e. The second-order valence-corrected chi connectivity index (χ2v) is 3.94. The standard InChI is InChI=1S/C9H17NO/c1-3-9(7-10-5-1)4-2-6-11-8-9/h10H,1-8H2. The van der Waals surface area contributed by atoms with Crippen molar-refractivity contribution in [1.29, 1.82) is 0 Å². The van der Waals surface area contributed by atoms with Crippen molar-refractivity contribution in [3.8, 4) is 0 Å². The Bertz CT molecular complexity index is 104. The molecule has 2 nitrogen and oxygen atoms in total. The summed E-state index contributed by atoms with van der Waals surface area (Å²) in [4.78, 5) is 0. The lowest BCUT2D eigenvalue weighted by Gasteiger charge is -2.40. The Morgan fingerprint density at radius 2 is 2.09 bits per heavy atom. The van der Waals surface area contributed by atoms with Crippen LogP contribution in [0.4, 0.5) is 0 Å². The minimum absolute atomic E-state index is 0.524. The molecular weight excluding hydrogens is 138 g/mol. The van der Waals surface area contributed by atoms with Crippen LogP contribution in [0.25, 0.3) is 0 Å². The predicted molar refractivity (Wildman–Crippen MR) is 44.6 cm³/mol. The van der Waals surface area contributed by atoms with Gasteiger partial charge in [-0.05, 0) is 32.2 Å². The Morgan fingerprint density at radius 1 is 1.18 bits per heavy atom. The fourth-order valence-electron chi connectivity index (χ4n) is 2.28. The molecule has 0 aromatic heterocycles. The maximum Gasteiger partial charge on any atom is 0.0534 e. The van der Waals surface area contributed by atoms with E-state index in [1.54, 1.807) is 0 Å². The average molecular weight is 155 g/mol. The summed E-state index contributed by atoms with van der Waals surface area (Å²) in [6.45, 7) is 4.39. The lowest BCUT2D eigenvalue weighted by molar-refractivity contribution is -0.0202. The minimum Gasteiger partial charge on any atom is -0.381 e. The van der Waals surface area contributed by atoms with Crippen LogP contribution in [0.1, 0.15) is 25.7 Å². The van der Waals surface area contributed by atoms with E-state index in [4.69, 9.17) is 4.74 Å². The van der Waals surface area contributed by atoms with Crippen molar-refractivity contribution in [3.05, 3.63) is 0 Å². The van der Waals surface area contributed by atoms with Gasteiger partial charge in [0.1, 0.15) is 0 Å². The Balaban J connectivity index is 1.94. The Kier molecular flexibility index (Phi) is 2.14. The summed E-state index contributed by atoms with van der Waals surface area (Å²) in [6, 6.07) is 0. The van der Waals surface area contributed by atoms with E-state index in [-0.39, 0.29) is 0 Å². The number of rotatable bonds is 0. The van der Waals surface area contributed by atoms with E-state index in [0.717, 1.165) is 13.2 Å². The highest BCUT2D eigenvalue weighted by atomic mass is 16.5. The third-order valence-corrected chi connectivity index (χ3v) is 2.96. The molecule has 0 amide bonds. The number of piperidine rings is 1. The van der Waals surface area contributed by atoms with Crippen LogP contribution in [0.5, 0.6) is 0 Å². The van der Waals surface area contributed by atoms with Gasteiger partial charge in [-0.1, -0.05) is 0 Å². The van der Waals surface area contributed by atoms with E-state index in [1.807, 2.05) is 0 Å². The molecular formula is C9H17NO. The zero-order valence-electron chi connectivity index (χ0n) is 7.07. The molecule has 1 spiro atoms. The van der Waals surface area contributed by atoms with Crippen LogP contribution in [0.15, 0.2) is 0 Å². The van der Waals surface area contributed by atoms with Gasteiger partial charge < -0.3 is 10.1 Å². The van der Waals surface area contributed by atoms with Gasteiger partial charge in [0.15, 0.2) is 0 Å². The van der Waals surface area contributed by atoms with Gasteiger partial charge in [-0.25, -0.2) is 0 Å². The van der Waals surface area contributed by atoms with Crippen molar-refractivity contribution in [3.63, 3.8) is 0 Å². The first-order chi connectivity index (χ1) is 5.41. The highest BCUT2D eigenvalue weighted by molar-refractivity contribution is 4.86. The molecule has 11 heavy (non-hydrogen) atoms. The van der Waals surface area contributed by atoms with Gasteiger partial charge in [-0.2, -0.15) is 0 Å². The van der Waals surface area contributed by atoms with Crippen LogP contribution in [-0.4, -0.2) is 26.3 Å². The van der Waals surface area contributed by atoms with E-state index in [9.17, 15) is 0 Å². The molecule has 0 aromatic carbocycles. The first-order valence-electron chi connectivity index (χ1n) is 4.70. The van der Waals surface area contributed by atoms with E-state index in [1.165, 1.54) is 38.8 Å². The van der Waals surface area contributed by atoms with Crippen molar-refractivity contribution >= 4 is 0 Å². The lowest BCUT2D eigenvalue weighted by atomic mass is 9.77. The van der Waals surface area contributed by atoms with Crippen LogP contribution < -0.4 is 5.32 Å². The van der Waals surface area contributed by atoms with Gasteiger partial charge in [-0.3, -0.25) is 0 Å². The third-order valence-electron chi connectivity index (χ3n) is 2.96. The maximum absolute atomic E-state index is 5.52. The topological polar surface area (TPSA) is 21.3 Å². The molecule has 1 unspecified atom stereocenters. The third kappa shape index (κ3) is 1.57. The number of hydrogen-bond acceptors (Lipinski definition) is 2. The molecule has 64 valence electrons. The van der Waals surface area contributed by atoms with Gasteiger partial charge in [0.25, 0.3) is 0 Å². The molecule has 2 heteroatoms. The first-order valence-corrected chi connectivity index (χ1v) is 4.70. The Labute approximate surface area is 68.3 Å². The van der Waals surface area contributed by atoms with Crippen LogP contribution in [-0.2, 0) is 4.74 Å². The van der Waals surface area contributed by atoms with Crippen molar-refractivity contribution < 1.29 is 4.74 Å². The molecule has 2 heterocycles. The molecule has 2 rings (SSSR count). The zero-order valence-corrected chi connectivity index (χ0v) is 7.07. The molecule has 1 N–H and O–H groups in total. The van der Waals surface area contributed by atoms with Gasteiger partial charge in [0.2, 0.25) is 0 Å². The summed E-state index contributed by atoms with van der Waals surface area (Å²) in [5.74, 6) is 0. The summed E-state index contributed by atoms with van der Waals surface area (Å²) in [5, 5.41) is 3.47. The normalized spacial score (nSPS) is 39.3. The molecule has 0 aromatic rings. The lowest BCUT2D eigenvalue weighted by Crippen LogP contribution is -2.45. The SMILES string of the molecule is C1CNCC2(C1)CCCOC2. The van der Waals surface area contributed by atoms with Gasteiger partial charge in [-0.15, -0.1) is 0 Å². The molecule has 0 aliphatic carbocycles. The van der Waals surface area contributed by atoms with Gasteiger partial charge in [0.05, 0.1) is 6.61 Å². The van der Waals surface area contributed by atoms with Crippen molar-refractivity contribution in [1.82, 2.24) is 5.32 Å². The summed E-state index contributed by atoms with van der Waals surface area (Å²) >= 11 is 0. The van der Waals surface area contributed by atoms with E-state index >= 15 is 0 Å². The van der Waals surface area contributed by atoms with Gasteiger partial charge >= 0.3 is 0 Å². The molecule has 2 aliphatic heterocycles. The summed E-state index contributed by atoms with van der Waals surface area (Å²) in [6.07, 6.45) is 5.35. The van der Waals surface area contributed by atoms with Crippen molar-refractivity contribution in [2.24, 2.45) is 5.41 Å². The van der Waals surface area contributed by atoms with Crippen LogP contribution >= 0.6 is 0 Å². The van der Waals surface area contributed by atoms with Crippen LogP contribution in [0.2, 0.25) is 0 Å². The Hall–Kier alpha value is -0.0800. The number of nitrogens with one attached hydrogen (secondary N) is 1. The van der Waals surface area contributed by atoms with Crippen LogP contribution in [0.3, 0.4) is 0 Å². The quantitative estimate of drug-likeness (QED) is 0.567. The summed E-state index contributed by atoms with van der Waals surface area (Å²) in [5.41, 5.74) is 0.524. The molecule has 0 bridgehead atoms. The highest BCUT2D eigenvalue weighted by Gasteiger charge is 2.33. The van der Waals surface area contributed by atoms with E-state index in [0.29, 0.717) is 5.41 Å². The predicted octanol–water partition coefficient (Wildman–Crippen LogP) is 1.17. The van der Waals surface area contributed by atoms with Gasteiger partial charge in [0, 0.05) is 18.6 Å². The summed E-state index contributed by atoms with van der Waals surface area (Å²) in [7, 11) is 0. The number of hydrogen-bond donors (Lipinski definition) is 1. The fraction of sp³-hybridized carbons (Fsp3) is 1.00. The molecule has 2 saturated heterocycles. The largest absolute Gasteiger partial charge is 0.381 e. The fourth-order valence-corrected chi connectivity index (χ4v) is 2.28. The van der Waals surface area contributed by atoms with Crippen LogP contribution in [0, 0.1) is 5.41 Å². The summed E-state index contributed by atoms with van der Waals surface area (Å²) < 4.78 is 5.52. The molecule has 2 fully saturated rings. The molecule has 0 radical (unpaired) electrons. The molecule has 1 atom stereocenters. The van der Waals surface area contributed by atoms with Crippen molar-refractivity contribution in [2.75, 3.05) is 26.3 Å². The second kappa shape index (κ2) is 3.11. The van der Waals surface area contributed by atoms with E-state index in [2.05, 4.69) is 5.32 Å². The molecule has 2 aliphatic rings. The zero-order chi connectivity index (χ0) is 7.57. The maximum atomic E-state index is 5.52.